The number of hydrogen-bond donors (Lipinski definition) is 1. The maximum Gasteiger partial charge on any atom is 0.294 e. The number of anilines is 1. The first-order chi connectivity index (χ1) is 10.0. The van der Waals surface area contributed by atoms with Crippen LogP contribution in [0, 0.1) is 21.4 Å². The van der Waals surface area contributed by atoms with Gasteiger partial charge in [-0.3, -0.25) is 14.9 Å². The van der Waals surface area contributed by atoms with Crippen molar-refractivity contribution >= 4 is 33.2 Å². The predicted molar refractivity (Wildman–Crippen MR) is 79.9 cm³/mol. The van der Waals surface area contributed by atoms with Crippen molar-refractivity contribution in [1.82, 2.24) is 0 Å². The van der Waals surface area contributed by atoms with Gasteiger partial charge >= 0.3 is 0 Å². The quantitative estimate of drug-likeness (QED) is 0.680. The van der Waals surface area contributed by atoms with E-state index in [-0.39, 0.29) is 16.9 Å². The number of rotatable bonds is 3. The minimum atomic E-state index is -0.642. The van der Waals surface area contributed by atoms with E-state index in [0.29, 0.717) is 10.0 Å². The first kappa shape index (κ1) is 14.7. The van der Waals surface area contributed by atoms with E-state index in [1.165, 1.54) is 12.1 Å². The molecule has 0 fully saturated rings. The van der Waals surface area contributed by atoms with Crippen LogP contribution in [0.2, 0.25) is 0 Å². The number of nitriles is 1. The van der Waals surface area contributed by atoms with Gasteiger partial charge in [-0.05, 0) is 40.2 Å². The number of halogens is 1. The molecule has 0 aromatic heterocycles. The number of benzene rings is 2. The summed E-state index contributed by atoms with van der Waals surface area (Å²) in [6, 6.07) is 12.4. The monoisotopic (exact) mass is 345 g/mol. The van der Waals surface area contributed by atoms with Crippen LogP contribution in [0.1, 0.15) is 15.9 Å². The van der Waals surface area contributed by atoms with E-state index in [0.717, 1.165) is 6.07 Å². The summed E-state index contributed by atoms with van der Waals surface area (Å²) >= 11 is 3.24. The summed E-state index contributed by atoms with van der Waals surface area (Å²) in [7, 11) is 0. The molecule has 1 N–H and O–H groups in total. The molecular weight excluding hydrogens is 338 g/mol. The summed E-state index contributed by atoms with van der Waals surface area (Å²) in [5.41, 5.74) is 0.228. The molecule has 2 aromatic carbocycles. The van der Waals surface area contributed by atoms with E-state index in [1.807, 2.05) is 6.07 Å². The first-order valence-corrected chi connectivity index (χ1v) is 6.56. The maximum absolute atomic E-state index is 12.1. The number of carbonyl (C=O) groups is 1. The second-order valence-electron chi connectivity index (χ2n) is 4.03. The van der Waals surface area contributed by atoms with Gasteiger partial charge in [0.15, 0.2) is 0 Å². The molecule has 0 aliphatic rings. The summed E-state index contributed by atoms with van der Waals surface area (Å²) in [4.78, 5) is 22.5. The van der Waals surface area contributed by atoms with Gasteiger partial charge in [-0.25, -0.2) is 0 Å². The van der Waals surface area contributed by atoms with Gasteiger partial charge in [0.05, 0.1) is 22.1 Å². The summed E-state index contributed by atoms with van der Waals surface area (Å²) < 4.78 is 0.582. The zero-order valence-electron chi connectivity index (χ0n) is 10.5. The van der Waals surface area contributed by atoms with Crippen molar-refractivity contribution in [3.63, 3.8) is 0 Å². The van der Waals surface area contributed by atoms with Gasteiger partial charge in [-0.15, -0.1) is 0 Å². The molecule has 0 aliphatic carbocycles. The Bertz CT molecular complexity index is 768. The van der Waals surface area contributed by atoms with Crippen LogP contribution in [0.5, 0.6) is 0 Å². The van der Waals surface area contributed by atoms with Crippen LogP contribution in [-0.4, -0.2) is 10.8 Å². The highest BCUT2D eigenvalue weighted by atomic mass is 79.9. The van der Waals surface area contributed by atoms with Crippen molar-refractivity contribution in [3.05, 3.63) is 68.2 Å². The lowest BCUT2D eigenvalue weighted by molar-refractivity contribution is -0.383. The molecule has 2 rings (SSSR count). The molecule has 0 atom stereocenters. The Balaban J connectivity index is 2.36. The van der Waals surface area contributed by atoms with Crippen LogP contribution in [0.4, 0.5) is 11.4 Å². The van der Waals surface area contributed by atoms with Crippen molar-refractivity contribution in [2.75, 3.05) is 5.32 Å². The highest BCUT2D eigenvalue weighted by molar-refractivity contribution is 9.10. The molecule has 0 spiro atoms. The molecule has 2 aromatic rings. The largest absolute Gasteiger partial charge is 0.316 e. The molecule has 104 valence electrons. The molecule has 0 saturated heterocycles. The van der Waals surface area contributed by atoms with Gasteiger partial charge < -0.3 is 5.32 Å². The molecular formula is C14H8BrN3O3. The lowest BCUT2D eigenvalue weighted by Crippen LogP contribution is -2.13. The second kappa shape index (κ2) is 6.15. The van der Waals surface area contributed by atoms with E-state index in [4.69, 9.17) is 5.26 Å². The van der Waals surface area contributed by atoms with Gasteiger partial charge in [0.1, 0.15) is 5.69 Å². The van der Waals surface area contributed by atoms with Gasteiger partial charge in [-0.2, -0.15) is 5.26 Å². The number of carbonyl (C=O) groups excluding carboxylic acids is 1. The van der Waals surface area contributed by atoms with Crippen LogP contribution in [0.15, 0.2) is 46.9 Å². The third kappa shape index (κ3) is 3.24. The zero-order chi connectivity index (χ0) is 15.4. The number of nitro benzene ring substituents is 1. The van der Waals surface area contributed by atoms with Crippen molar-refractivity contribution in [1.29, 1.82) is 5.26 Å². The Morgan fingerprint density at radius 2 is 2.00 bits per heavy atom. The number of nitrogens with one attached hydrogen (secondary N) is 1. The lowest BCUT2D eigenvalue weighted by Gasteiger charge is -2.07. The normalized spacial score (nSPS) is 9.71. The van der Waals surface area contributed by atoms with Crippen LogP contribution in [0.3, 0.4) is 0 Å². The zero-order valence-corrected chi connectivity index (χ0v) is 12.1. The average molecular weight is 346 g/mol. The number of hydrogen-bond acceptors (Lipinski definition) is 4. The second-order valence-corrected chi connectivity index (χ2v) is 4.89. The Morgan fingerprint density at radius 3 is 2.62 bits per heavy atom. The third-order valence-corrected chi connectivity index (χ3v) is 3.38. The van der Waals surface area contributed by atoms with Crippen molar-refractivity contribution in [2.45, 2.75) is 0 Å². The summed E-state index contributed by atoms with van der Waals surface area (Å²) in [6.45, 7) is 0. The molecule has 0 unspecified atom stereocenters. The Hall–Kier alpha value is -2.72. The van der Waals surface area contributed by atoms with Gasteiger partial charge in [-0.1, -0.05) is 12.1 Å². The topological polar surface area (TPSA) is 96.0 Å². The van der Waals surface area contributed by atoms with Crippen LogP contribution < -0.4 is 5.32 Å². The molecule has 7 heteroatoms. The van der Waals surface area contributed by atoms with Crippen LogP contribution in [-0.2, 0) is 0 Å². The molecule has 0 radical (unpaired) electrons. The highest BCUT2D eigenvalue weighted by Gasteiger charge is 2.18. The number of nitrogens with zero attached hydrogens (tertiary/aromatic N) is 2. The standard InChI is InChI=1S/C14H8BrN3O3/c15-11-4-2-1-3-10(11)14(19)17-12-6-5-9(8-16)7-13(12)18(20)21/h1-7H,(H,17,19). The SMILES string of the molecule is N#Cc1ccc(NC(=O)c2ccccc2Br)c([N+](=O)[O-])c1. The molecule has 6 nitrogen and oxygen atoms in total. The van der Waals surface area contributed by atoms with E-state index >= 15 is 0 Å². The highest BCUT2D eigenvalue weighted by Crippen LogP contribution is 2.26. The Morgan fingerprint density at radius 1 is 1.29 bits per heavy atom. The van der Waals surface area contributed by atoms with Crippen LogP contribution in [0.25, 0.3) is 0 Å². The maximum atomic E-state index is 12.1. The fourth-order valence-electron chi connectivity index (χ4n) is 1.69. The van der Waals surface area contributed by atoms with Crippen molar-refractivity contribution in [2.24, 2.45) is 0 Å². The molecule has 21 heavy (non-hydrogen) atoms. The molecule has 0 saturated carbocycles. The van der Waals surface area contributed by atoms with E-state index in [1.54, 1.807) is 24.3 Å². The average Bonchev–Trinajstić information content (AvgIpc) is 2.47. The van der Waals surface area contributed by atoms with Crippen LogP contribution >= 0.6 is 15.9 Å². The van der Waals surface area contributed by atoms with Crippen molar-refractivity contribution in [3.8, 4) is 6.07 Å². The summed E-state index contributed by atoms with van der Waals surface area (Å²) in [5.74, 6) is -0.477. The molecule has 0 heterocycles. The third-order valence-electron chi connectivity index (χ3n) is 2.69. The molecule has 1 amide bonds. The molecule has 0 bridgehead atoms. The van der Waals surface area contributed by atoms with E-state index < -0.39 is 10.8 Å². The fraction of sp³-hybridized carbons (Fsp3) is 0. The minimum Gasteiger partial charge on any atom is -0.316 e. The van der Waals surface area contributed by atoms with Crippen molar-refractivity contribution < 1.29 is 9.72 Å². The Kier molecular flexibility index (Phi) is 4.30. The number of amides is 1. The summed E-state index contributed by atoms with van der Waals surface area (Å²) in [6.07, 6.45) is 0. The minimum absolute atomic E-state index is 0.0414. The van der Waals surface area contributed by atoms with E-state index in [9.17, 15) is 14.9 Å². The first-order valence-electron chi connectivity index (χ1n) is 5.77. The predicted octanol–water partition coefficient (Wildman–Crippen LogP) is 3.48. The van der Waals surface area contributed by atoms with Gasteiger partial charge in [0, 0.05) is 10.5 Å². The lowest BCUT2D eigenvalue weighted by atomic mass is 10.1. The smallest absolute Gasteiger partial charge is 0.294 e. The van der Waals surface area contributed by atoms with E-state index in [2.05, 4.69) is 21.2 Å². The number of nitro groups is 1. The molecule has 0 aliphatic heterocycles. The van der Waals surface area contributed by atoms with Gasteiger partial charge in [0.2, 0.25) is 0 Å². The Labute approximate surface area is 128 Å². The fourth-order valence-corrected chi connectivity index (χ4v) is 2.16. The summed E-state index contributed by atoms with van der Waals surface area (Å²) in [5, 5.41) is 22.3. The van der Waals surface area contributed by atoms with Gasteiger partial charge in [0.25, 0.3) is 11.6 Å².